The average molecular weight is 418 g/mol. The molecular weight excluding hydrogens is 394 g/mol. The summed E-state index contributed by atoms with van der Waals surface area (Å²) in [6.45, 7) is 4.37. The van der Waals surface area contributed by atoms with Crippen molar-refractivity contribution in [2.75, 3.05) is 11.5 Å². The fourth-order valence-corrected chi connectivity index (χ4v) is 4.19. The number of para-hydroxylation sites is 1. The van der Waals surface area contributed by atoms with Gasteiger partial charge in [-0.1, -0.05) is 48.6 Å². The number of thiazole rings is 1. The van der Waals surface area contributed by atoms with E-state index in [-0.39, 0.29) is 12.5 Å². The van der Waals surface area contributed by atoms with Gasteiger partial charge in [-0.3, -0.25) is 14.7 Å². The fraction of sp³-hybridized carbons (Fsp3) is 0.208. The summed E-state index contributed by atoms with van der Waals surface area (Å²) < 4.78 is 6.89. The maximum Gasteiger partial charge on any atom is 0.267 e. The number of aryl methyl sites for hydroxylation is 2. The molecule has 30 heavy (non-hydrogen) atoms. The first-order valence-corrected chi connectivity index (χ1v) is 10.7. The van der Waals surface area contributed by atoms with Crippen molar-refractivity contribution < 1.29 is 9.53 Å². The number of nitrogens with zero attached hydrogens (tertiary/aromatic N) is 3. The highest BCUT2D eigenvalue weighted by Gasteiger charge is 2.21. The Hall–Kier alpha value is -3.25. The van der Waals surface area contributed by atoms with Gasteiger partial charge in [0.2, 0.25) is 0 Å². The van der Waals surface area contributed by atoms with Crippen LogP contribution in [-0.4, -0.2) is 22.5 Å². The topological polar surface area (TPSA) is 55.3 Å². The van der Waals surface area contributed by atoms with Crippen LogP contribution < -0.4 is 9.64 Å². The predicted molar refractivity (Wildman–Crippen MR) is 121 cm³/mol. The number of benzene rings is 2. The molecule has 0 bridgehead atoms. The Bertz CT molecular complexity index is 1160. The molecule has 0 atom stereocenters. The predicted octanol–water partition coefficient (Wildman–Crippen LogP) is 5.17. The molecule has 4 aromatic rings. The quantitative estimate of drug-likeness (QED) is 0.416. The highest BCUT2D eigenvalue weighted by molar-refractivity contribution is 7.22. The second kappa shape index (κ2) is 9.05. The Morgan fingerprint density at radius 3 is 2.70 bits per heavy atom. The Morgan fingerprint density at radius 2 is 1.93 bits per heavy atom. The number of rotatable bonds is 7. The summed E-state index contributed by atoms with van der Waals surface area (Å²) >= 11 is 1.52. The summed E-state index contributed by atoms with van der Waals surface area (Å²) in [5.41, 5.74) is 3.94. The molecule has 2 heterocycles. The highest BCUT2D eigenvalue weighted by atomic mass is 32.1. The van der Waals surface area contributed by atoms with E-state index in [1.807, 2.05) is 55.5 Å². The SMILES string of the molecule is CCc1ccc2nc(N(Cc3ccccn3)C(=O)COc3ccccc3C)sc2c1. The Morgan fingerprint density at radius 1 is 1.10 bits per heavy atom. The van der Waals surface area contributed by atoms with Gasteiger partial charge in [-0.25, -0.2) is 4.98 Å². The summed E-state index contributed by atoms with van der Waals surface area (Å²) in [6, 6.07) is 19.6. The number of carbonyl (C=O) groups is 1. The molecule has 0 aliphatic rings. The number of hydrogen-bond acceptors (Lipinski definition) is 5. The molecule has 2 aromatic heterocycles. The van der Waals surface area contributed by atoms with Crippen LogP contribution in [0, 0.1) is 6.92 Å². The first kappa shape index (κ1) is 20.0. The number of carbonyl (C=O) groups excluding carboxylic acids is 1. The van der Waals surface area contributed by atoms with Crippen LogP contribution in [0.2, 0.25) is 0 Å². The number of ether oxygens (including phenoxy) is 1. The third-order valence-electron chi connectivity index (χ3n) is 4.87. The smallest absolute Gasteiger partial charge is 0.267 e. The summed E-state index contributed by atoms with van der Waals surface area (Å²) in [6.07, 6.45) is 2.69. The summed E-state index contributed by atoms with van der Waals surface area (Å²) in [4.78, 5) is 23.9. The molecule has 5 nitrogen and oxygen atoms in total. The van der Waals surface area contributed by atoms with Gasteiger partial charge in [0.15, 0.2) is 11.7 Å². The van der Waals surface area contributed by atoms with E-state index in [9.17, 15) is 4.79 Å². The van der Waals surface area contributed by atoms with Gasteiger partial charge in [-0.15, -0.1) is 0 Å². The van der Waals surface area contributed by atoms with Gasteiger partial charge >= 0.3 is 0 Å². The lowest BCUT2D eigenvalue weighted by Gasteiger charge is -2.20. The van der Waals surface area contributed by atoms with Crippen LogP contribution in [0.1, 0.15) is 23.7 Å². The van der Waals surface area contributed by atoms with Crippen molar-refractivity contribution >= 4 is 32.6 Å². The molecule has 152 valence electrons. The minimum atomic E-state index is -0.154. The van der Waals surface area contributed by atoms with E-state index >= 15 is 0 Å². The number of hydrogen-bond donors (Lipinski definition) is 0. The lowest BCUT2D eigenvalue weighted by Crippen LogP contribution is -2.34. The van der Waals surface area contributed by atoms with Gasteiger partial charge in [0, 0.05) is 6.20 Å². The van der Waals surface area contributed by atoms with E-state index in [1.54, 1.807) is 11.1 Å². The molecule has 6 heteroatoms. The van der Waals surface area contributed by atoms with Gasteiger partial charge in [0.05, 0.1) is 22.5 Å². The molecule has 4 rings (SSSR count). The summed E-state index contributed by atoms with van der Waals surface area (Å²) in [5, 5.41) is 0.655. The minimum absolute atomic E-state index is 0.0617. The molecule has 0 fully saturated rings. The molecule has 0 saturated carbocycles. The second-order valence-corrected chi connectivity index (χ2v) is 8.02. The lowest BCUT2D eigenvalue weighted by atomic mass is 10.2. The van der Waals surface area contributed by atoms with Crippen molar-refractivity contribution in [2.24, 2.45) is 0 Å². The third kappa shape index (κ3) is 4.49. The van der Waals surface area contributed by atoms with Crippen molar-refractivity contribution in [3.05, 3.63) is 83.7 Å². The molecular formula is C24H23N3O2S. The molecule has 0 radical (unpaired) electrons. The Balaban J connectivity index is 1.62. The molecule has 0 spiro atoms. The first-order valence-electron chi connectivity index (χ1n) is 9.92. The summed E-state index contributed by atoms with van der Waals surface area (Å²) in [7, 11) is 0. The molecule has 1 amide bonds. The summed E-state index contributed by atoms with van der Waals surface area (Å²) in [5.74, 6) is 0.555. The van der Waals surface area contributed by atoms with Gasteiger partial charge in [0.1, 0.15) is 5.75 Å². The molecule has 0 aliphatic carbocycles. The molecule has 0 N–H and O–H groups in total. The normalized spacial score (nSPS) is 10.9. The Kier molecular flexibility index (Phi) is 6.05. The van der Waals surface area contributed by atoms with Crippen molar-refractivity contribution in [1.29, 1.82) is 0 Å². The molecule has 0 aliphatic heterocycles. The van der Waals surface area contributed by atoms with E-state index in [0.29, 0.717) is 17.4 Å². The number of amides is 1. The molecule has 0 saturated heterocycles. The number of fused-ring (bicyclic) bond motifs is 1. The van der Waals surface area contributed by atoms with E-state index in [4.69, 9.17) is 9.72 Å². The van der Waals surface area contributed by atoms with E-state index < -0.39 is 0 Å². The average Bonchev–Trinajstić information content (AvgIpc) is 3.20. The van der Waals surface area contributed by atoms with Crippen LogP contribution in [0.5, 0.6) is 5.75 Å². The van der Waals surface area contributed by atoms with E-state index in [0.717, 1.165) is 27.9 Å². The van der Waals surface area contributed by atoms with Crippen molar-refractivity contribution in [3.8, 4) is 5.75 Å². The molecule has 0 unspecified atom stereocenters. The largest absolute Gasteiger partial charge is 0.483 e. The fourth-order valence-electron chi connectivity index (χ4n) is 3.14. The zero-order chi connectivity index (χ0) is 20.9. The highest BCUT2D eigenvalue weighted by Crippen LogP contribution is 2.31. The van der Waals surface area contributed by atoms with Gasteiger partial charge in [-0.05, 0) is 54.8 Å². The minimum Gasteiger partial charge on any atom is -0.483 e. The van der Waals surface area contributed by atoms with Gasteiger partial charge in [0.25, 0.3) is 5.91 Å². The van der Waals surface area contributed by atoms with Crippen LogP contribution in [0.15, 0.2) is 66.9 Å². The van der Waals surface area contributed by atoms with Crippen LogP contribution in [-0.2, 0) is 17.8 Å². The number of aromatic nitrogens is 2. The van der Waals surface area contributed by atoms with Crippen LogP contribution in [0.3, 0.4) is 0 Å². The maximum atomic E-state index is 13.2. The zero-order valence-electron chi connectivity index (χ0n) is 17.0. The van der Waals surface area contributed by atoms with E-state index in [2.05, 4.69) is 24.0 Å². The molecule has 2 aromatic carbocycles. The lowest BCUT2D eigenvalue weighted by molar-refractivity contribution is -0.120. The number of pyridine rings is 1. The van der Waals surface area contributed by atoms with Crippen LogP contribution >= 0.6 is 11.3 Å². The monoisotopic (exact) mass is 417 g/mol. The van der Waals surface area contributed by atoms with Gasteiger partial charge < -0.3 is 4.74 Å². The maximum absolute atomic E-state index is 13.2. The third-order valence-corrected chi connectivity index (χ3v) is 5.91. The van der Waals surface area contributed by atoms with E-state index in [1.165, 1.54) is 16.9 Å². The van der Waals surface area contributed by atoms with Gasteiger partial charge in [-0.2, -0.15) is 0 Å². The van der Waals surface area contributed by atoms with Crippen LogP contribution in [0.25, 0.3) is 10.2 Å². The Labute approximate surface area is 180 Å². The van der Waals surface area contributed by atoms with Crippen molar-refractivity contribution in [1.82, 2.24) is 9.97 Å². The van der Waals surface area contributed by atoms with Crippen molar-refractivity contribution in [3.63, 3.8) is 0 Å². The van der Waals surface area contributed by atoms with Crippen molar-refractivity contribution in [2.45, 2.75) is 26.8 Å². The standard InChI is InChI=1S/C24H23N3O2S/c1-3-18-11-12-20-22(14-18)30-24(26-20)27(15-19-9-6-7-13-25-19)23(28)16-29-21-10-5-4-8-17(21)2/h4-14H,3,15-16H2,1-2H3. The first-order chi connectivity index (χ1) is 14.6. The van der Waals surface area contributed by atoms with Crippen LogP contribution in [0.4, 0.5) is 5.13 Å². The second-order valence-electron chi connectivity index (χ2n) is 7.01. The number of anilines is 1. The zero-order valence-corrected chi connectivity index (χ0v) is 17.9.